The van der Waals surface area contributed by atoms with Gasteiger partial charge in [0.15, 0.2) is 0 Å². The molecule has 0 radical (unpaired) electrons. The number of nitrogens with zero attached hydrogens (tertiary/aromatic N) is 1. The maximum absolute atomic E-state index is 10.4. The van der Waals surface area contributed by atoms with Gasteiger partial charge in [0, 0.05) is 19.9 Å². The summed E-state index contributed by atoms with van der Waals surface area (Å²) in [4.78, 5) is 20.1. The second-order valence-corrected chi connectivity index (χ2v) is 1.62. The maximum atomic E-state index is 10.4. The molecule has 1 N–H and O–H groups in total. The Labute approximate surface area is 53.0 Å². The molecule has 1 amide bonds. The van der Waals surface area contributed by atoms with Crippen LogP contribution in [0.5, 0.6) is 0 Å². The van der Waals surface area contributed by atoms with Crippen molar-refractivity contribution in [2.75, 3.05) is 7.05 Å². The zero-order valence-electron chi connectivity index (χ0n) is 5.20. The molecule has 0 rings (SSSR count). The molecule has 9 heavy (non-hydrogen) atoms. The molecule has 0 saturated carbocycles. The third-order valence-corrected chi connectivity index (χ3v) is 0.837. The normalized spacial score (nSPS) is 8.67. The van der Waals surface area contributed by atoms with Crippen molar-refractivity contribution in [2.45, 2.75) is 12.8 Å². The fourth-order valence-electron chi connectivity index (χ4n) is 0.344. The average molecular weight is 131 g/mol. The average Bonchev–Trinajstić information content (AvgIpc) is 1.82. The molecule has 4 nitrogen and oxygen atoms in total. The fourth-order valence-corrected chi connectivity index (χ4v) is 0.344. The van der Waals surface area contributed by atoms with Gasteiger partial charge in [-0.2, -0.15) is 0 Å². The molecule has 0 atom stereocenters. The standard InChI is InChI=1S/C5H9NO3/c1-6(9)5(8)3-2-4-7/h4,9H,2-3H2,1H3. The monoisotopic (exact) mass is 131 g/mol. The van der Waals surface area contributed by atoms with E-state index >= 15 is 0 Å². The lowest BCUT2D eigenvalue weighted by Crippen LogP contribution is -2.21. The van der Waals surface area contributed by atoms with Crippen molar-refractivity contribution in [2.24, 2.45) is 0 Å². The van der Waals surface area contributed by atoms with Crippen LogP contribution in [0.3, 0.4) is 0 Å². The highest BCUT2D eigenvalue weighted by atomic mass is 16.5. The van der Waals surface area contributed by atoms with Gasteiger partial charge in [0.25, 0.3) is 0 Å². The Bertz CT molecular complexity index is 111. The van der Waals surface area contributed by atoms with Crippen LogP contribution in [0.25, 0.3) is 0 Å². The van der Waals surface area contributed by atoms with E-state index in [1.165, 1.54) is 7.05 Å². The summed E-state index contributed by atoms with van der Waals surface area (Å²) in [5.74, 6) is -0.442. The number of amides is 1. The van der Waals surface area contributed by atoms with Crippen LogP contribution in [0.1, 0.15) is 12.8 Å². The van der Waals surface area contributed by atoms with Gasteiger partial charge in [0.05, 0.1) is 0 Å². The molecule has 0 bridgehead atoms. The molecule has 0 fully saturated rings. The SMILES string of the molecule is CN(O)C(=O)CCC=O. The number of aldehydes is 1. The number of hydrogen-bond acceptors (Lipinski definition) is 3. The van der Waals surface area contributed by atoms with Crippen LogP contribution < -0.4 is 0 Å². The molecule has 0 aromatic heterocycles. The summed E-state index contributed by atoms with van der Waals surface area (Å²) >= 11 is 0. The molecular weight excluding hydrogens is 122 g/mol. The summed E-state index contributed by atoms with van der Waals surface area (Å²) in [5.41, 5.74) is 0. The van der Waals surface area contributed by atoms with Gasteiger partial charge in [-0.1, -0.05) is 0 Å². The minimum Gasteiger partial charge on any atom is -0.303 e. The van der Waals surface area contributed by atoms with E-state index in [-0.39, 0.29) is 12.8 Å². The molecule has 0 saturated heterocycles. The molecule has 52 valence electrons. The lowest BCUT2D eigenvalue weighted by Gasteiger charge is -2.04. The highest BCUT2D eigenvalue weighted by Gasteiger charge is 2.02. The molecule has 0 heterocycles. The van der Waals surface area contributed by atoms with Crippen molar-refractivity contribution in [3.05, 3.63) is 0 Å². The van der Waals surface area contributed by atoms with Crippen molar-refractivity contribution in [3.8, 4) is 0 Å². The largest absolute Gasteiger partial charge is 0.303 e. The van der Waals surface area contributed by atoms with E-state index in [0.29, 0.717) is 11.3 Å². The summed E-state index contributed by atoms with van der Waals surface area (Å²) in [6, 6.07) is 0. The van der Waals surface area contributed by atoms with E-state index in [1.54, 1.807) is 0 Å². The Hall–Kier alpha value is -0.900. The van der Waals surface area contributed by atoms with Crippen molar-refractivity contribution in [1.29, 1.82) is 0 Å². The van der Waals surface area contributed by atoms with E-state index in [1.807, 2.05) is 0 Å². The molecule has 0 aromatic carbocycles. The third kappa shape index (κ3) is 3.66. The first-order valence-electron chi connectivity index (χ1n) is 2.57. The zero-order chi connectivity index (χ0) is 7.28. The Kier molecular flexibility index (Phi) is 3.62. The summed E-state index contributed by atoms with van der Waals surface area (Å²) in [7, 11) is 1.23. The summed E-state index contributed by atoms with van der Waals surface area (Å²) in [5, 5.41) is 8.89. The molecule has 0 unspecified atom stereocenters. The molecule has 0 aliphatic rings. The van der Waals surface area contributed by atoms with Crippen LogP contribution >= 0.6 is 0 Å². The summed E-state index contributed by atoms with van der Waals surface area (Å²) in [6.07, 6.45) is 0.891. The van der Waals surface area contributed by atoms with Crippen LogP contribution in [0.2, 0.25) is 0 Å². The van der Waals surface area contributed by atoms with Gasteiger partial charge in [-0.05, 0) is 0 Å². The Morgan fingerprint density at radius 1 is 1.78 bits per heavy atom. The second kappa shape index (κ2) is 4.03. The number of hydrogen-bond donors (Lipinski definition) is 1. The number of rotatable bonds is 3. The first-order chi connectivity index (χ1) is 4.18. The van der Waals surface area contributed by atoms with E-state index < -0.39 is 5.91 Å². The summed E-state index contributed by atoms with van der Waals surface area (Å²) in [6.45, 7) is 0. The van der Waals surface area contributed by atoms with E-state index in [4.69, 9.17) is 5.21 Å². The van der Waals surface area contributed by atoms with Crippen LogP contribution in [0, 0.1) is 0 Å². The zero-order valence-corrected chi connectivity index (χ0v) is 5.20. The number of carbonyl (C=O) groups is 2. The Morgan fingerprint density at radius 2 is 2.33 bits per heavy atom. The highest BCUT2D eigenvalue weighted by Crippen LogP contribution is 1.88. The molecule has 4 heteroatoms. The van der Waals surface area contributed by atoms with Gasteiger partial charge in [-0.15, -0.1) is 0 Å². The van der Waals surface area contributed by atoms with Crippen LogP contribution in [-0.2, 0) is 9.59 Å². The van der Waals surface area contributed by atoms with Crippen molar-refractivity contribution >= 4 is 12.2 Å². The predicted octanol–water partition coefficient (Wildman–Crippen LogP) is -0.187. The van der Waals surface area contributed by atoms with Crippen LogP contribution in [0.4, 0.5) is 0 Å². The third-order valence-electron chi connectivity index (χ3n) is 0.837. The Morgan fingerprint density at radius 3 is 2.67 bits per heavy atom. The van der Waals surface area contributed by atoms with E-state index in [9.17, 15) is 9.59 Å². The minimum atomic E-state index is -0.442. The molecule has 0 aromatic rings. The lowest BCUT2D eigenvalue weighted by atomic mass is 10.3. The van der Waals surface area contributed by atoms with Gasteiger partial charge in [0.2, 0.25) is 5.91 Å². The molecule has 0 aliphatic carbocycles. The van der Waals surface area contributed by atoms with Gasteiger partial charge >= 0.3 is 0 Å². The van der Waals surface area contributed by atoms with E-state index in [0.717, 1.165) is 0 Å². The lowest BCUT2D eigenvalue weighted by molar-refractivity contribution is -0.159. The molecule has 0 aliphatic heterocycles. The van der Waals surface area contributed by atoms with E-state index in [2.05, 4.69) is 0 Å². The maximum Gasteiger partial charge on any atom is 0.246 e. The second-order valence-electron chi connectivity index (χ2n) is 1.62. The molecular formula is C5H9NO3. The van der Waals surface area contributed by atoms with Crippen LogP contribution in [0.15, 0.2) is 0 Å². The van der Waals surface area contributed by atoms with Gasteiger partial charge in [0.1, 0.15) is 6.29 Å². The predicted molar refractivity (Wildman–Crippen MR) is 29.9 cm³/mol. The van der Waals surface area contributed by atoms with Crippen molar-refractivity contribution in [3.63, 3.8) is 0 Å². The fraction of sp³-hybridized carbons (Fsp3) is 0.600. The quantitative estimate of drug-likeness (QED) is 0.328. The smallest absolute Gasteiger partial charge is 0.246 e. The van der Waals surface area contributed by atoms with Crippen LogP contribution in [-0.4, -0.2) is 29.5 Å². The van der Waals surface area contributed by atoms with Gasteiger partial charge in [-0.3, -0.25) is 10.0 Å². The Balaban J connectivity index is 3.38. The summed E-state index contributed by atoms with van der Waals surface area (Å²) < 4.78 is 0. The first-order valence-corrected chi connectivity index (χ1v) is 2.57. The van der Waals surface area contributed by atoms with Gasteiger partial charge in [-0.25, -0.2) is 5.06 Å². The molecule has 0 spiro atoms. The topological polar surface area (TPSA) is 57.6 Å². The number of carbonyl (C=O) groups excluding carboxylic acids is 2. The first kappa shape index (κ1) is 8.10. The van der Waals surface area contributed by atoms with Crippen molar-refractivity contribution in [1.82, 2.24) is 5.06 Å². The van der Waals surface area contributed by atoms with Crippen molar-refractivity contribution < 1.29 is 14.8 Å². The highest BCUT2D eigenvalue weighted by molar-refractivity contribution is 5.76. The van der Waals surface area contributed by atoms with Gasteiger partial charge < -0.3 is 4.79 Å². The number of hydroxylamine groups is 2. The minimum absolute atomic E-state index is 0.0799.